The molecule has 1 aromatic carbocycles. The second kappa shape index (κ2) is 10.2. The maximum absolute atomic E-state index is 12.3. The summed E-state index contributed by atoms with van der Waals surface area (Å²) < 4.78 is 37.0. The van der Waals surface area contributed by atoms with Crippen LogP contribution in [0.1, 0.15) is 44.1 Å². The number of alkyl halides is 3. The van der Waals surface area contributed by atoms with Gasteiger partial charge in [-0.25, -0.2) is 0 Å². The third-order valence-electron chi connectivity index (χ3n) is 4.23. The van der Waals surface area contributed by atoms with Gasteiger partial charge in [0, 0.05) is 32.4 Å². The largest absolute Gasteiger partial charge is 0.396 e. The Hall–Kier alpha value is -2.05. The Kier molecular flexibility index (Phi) is 7.94. The standard InChI is InChI=1S/C19H25F3N2O2/c20-19(21,22)11-10-18(25)24-12-5-4-9-17(23-26-14-6-13-24)15-16-7-2-1-3-8-16/h1-3,7-8H,4-6,9-15H2/b23-17+. The van der Waals surface area contributed by atoms with Crippen molar-refractivity contribution in [3.63, 3.8) is 0 Å². The van der Waals surface area contributed by atoms with Crippen LogP contribution in [0.2, 0.25) is 0 Å². The SMILES string of the molecule is O=C(CCC(F)(F)F)N1CCCC/C(Cc2ccccc2)=N\OCCC1. The van der Waals surface area contributed by atoms with Crippen LogP contribution in [0, 0.1) is 0 Å². The number of halogens is 3. The minimum Gasteiger partial charge on any atom is -0.396 e. The Morgan fingerprint density at radius 1 is 1.12 bits per heavy atom. The Balaban J connectivity index is 1.85. The lowest BCUT2D eigenvalue weighted by atomic mass is 10.0. The molecular formula is C19H25F3N2O2. The van der Waals surface area contributed by atoms with Crippen molar-refractivity contribution in [3.8, 4) is 0 Å². The topological polar surface area (TPSA) is 41.9 Å². The molecule has 0 atom stereocenters. The summed E-state index contributed by atoms with van der Waals surface area (Å²) in [5, 5.41) is 4.22. The molecule has 0 fully saturated rings. The number of benzene rings is 1. The molecule has 0 spiro atoms. The van der Waals surface area contributed by atoms with Crippen LogP contribution in [0.4, 0.5) is 13.2 Å². The number of carbonyl (C=O) groups is 1. The summed E-state index contributed by atoms with van der Waals surface area (Å²) in [6.07, 6.45) is -2.27. The molecule has 0 saturated heterocycles. The molecule has 0 bridgehead atoms. The molecule has 1 aliphatic rings. The van der Waals surface area contributed by atoms with Crippen molar-refractivity contribution in [2.24, 2.45) is 5.16 Å². The summed E-state index contributed by atoms with van der Waals surface area (Å²) in [4.78, 5) is 18.9. The van der Waals surface area contributed by atoms with Gasteiger partial charge in [-0.05, 0) is 24.8 Å². The van der Waals surface area contributed by atoms with Crippen molar-refractivity contribution in [1.29, 1.82) is 0 Å². The molecule has 1 aromatic rings. The first-order valence-electron chi connectivity index (χ1n) is 9.00. The third-order valence-corrected chi connectivity index (χ3v) is 4.23. The van der Waals surface area contributed by atoms with Crippen molar-refractivity contribution >= 4 is 11.6 Å². The summed E-state index contributed by atoms with van der Waals surface area (Å²) in [7, 11) is 0. The number of carbonyl (C=O) groups excluding carboxylic acids is 1. The number of hydrogen-bond donors (Lipinski definition) is 0. The molecule has 0 unspecified atom stereocenters. The van der Waals surface area contributed by atoms with Gasteiger partial charge < -0.3 is 9.74 Å². The van der Waals surface area contributed by atoms with Gasteiger partial charge in [-0.1, -0.05) is 35.5 Å². The van der Waals surface area contributed by atoms with Crippen LogP contribution in [-0.2, 0) is 16.1 Å². The van der Waals surface area contributed by atoms with Crippen molar-refractivity contribution in [1.82, 2.24) is 4.90 Å². The second-order valence-corrected chi connectivity index (χ2v) is 6.46. The molecule has 1 heterocycles. The van der Waals surface area contributed by atoms with Crippen molar-refractivity contribution in [2.75, 3.05) is 19.7 Å². The summed E-state index contributed by atoms with van der Waals surface area (Å²) >= 11 is 0. The van der Waals surface area contributed by atoms with Crippen LogP contribution in [0.5, 0.6) is 0 Å². The Labute approximate surface area is 152 Å². The Bertz CT molecular complexity index is 588. The van der Waals surface area contributed by atoms with E-state index in [-0.39, 0.29) is 0 Å². The average molecular weight is 370 g/mol. The molecule has 0 N–H and O–H groups in total. The van der Waals surface area contributed by atoms with Crippen LogP contribution in [0.3, 0.4) is 0 Å². The van der Waals surface area contributed by atoms with E-state index in [2.05, 4.69) is 5.16 Å². The summed E-state index contributed by atoms with van der Waals surface area (Å²) in [6.45, 7) is 1.23. The van der Waals surface area contributed by atoms with E-state index in [4.69, 9.17) is 4.84 Å². The van der Waals surface area contributed by atoms with E-state index < -0.39 is 24.9 Å². The minimum atomic E-state index is -4.30. The van der Waals surface area contributed by atoms with Gasteiger partial charge >= 0.3 is 6.18 Å². The lowest BCUT2D eigenvalue weighted by molar-refractivity contribution is -0.149. The molecule has 1 aliphatic heterocycles. The summed E-state index contributed by atoms with van der Waals surface area (Å²) in [5.74, 6) is -0.438. The Morgan fingerprint density at radius 2 is 1.85 bits per heavy atom. The maximum atomic E-state index is 12.3. The highest BCUT2D eigenvalue weighted by Gasteiger charge is 2.29. The fourth-order valence-corrected chi connectivity index (χ4v) is 2.85. The van der Waals surface area contributed by atoms with Gasteiger partial charge in [-0.15, -0.1) is 0 Å². The highest BCUT2D eigenvalue weighted by Crippen LogP contribution is 2.22. The summed E-state index contributed by atoms with van der Waals surface area (Å²) in [6, 6.07) is 9.99. The van der Waals surface area contributed by atoms with Gasteiger partial charge in [0.25, 0.3) is 0 Å². The monoisotopic (exact) mass is 370 g/mol. The number of amides is 1. The fraction of sp³-hybridized carbons (Fsp3) is 0.579. The smallest absolute Gasteiger partial charge is 0.389 e. The first-order chi connectivity index (χ1) is 12.4. The molecule has 144 valence electrons. The molecular weight excluding hydrogens is 345 g/mol. The molecule has 0 radical (unpaired) electrons. The predicted octanol–water partition coefficient (Wildman–Crippen LogP) is 4.35. The van der Waals surface area contributed by atoms with E-state index in [1.807, 2.05) is 30.3 Å². The number of rotatable bonds is 4. The van der Waals surface area contributed by atoms with E-state index in [1.54, 1.807) is 0 Å². The normalized spacial score (nSPS) is 19.0. The van der Waals surface area contributed by atoms with Crippen molar-refractivity contribution in [2.45, 2.75) is 51.1 Å². The molecule has 4 nitrogen and oxygen atoms in total. The van der Waals surface area contributed by atoms with Crippen molar-refractivity contribution in [3.05, 3.63) is 35.9 Å². The quantitative estimate of drug-likeness (QED) is 0.791. The zero-order valence-corrected chi connectivity index (χ0v) is 14.8. The lowest BCUT2D eigenvalue weighted by Crippen LogP contribution is -2.34. The van der Waals surface area contributed by atoms with E-state index >= 15 is 0 Å². The van der Waals surface area contributed by atoms with Crippen LogP contribution in [0.25, 0.3) is 0 Å². The summed E-state index contributed by atoms with van der Waals surface area (Å²) in [5.41, 5.74) is 2.11. The van der Waals surface area contributed by atoms with Crippen LogP contribution in [0.15, 0.2) is 35.5 Å². The van der Waals surface area contributed by atoms with E-state index in [0.29, 0.717) is 26.1 Å². The molecule has 0 saturated carbocycles. The maximum Gasteiger partial charge on any atom is 0.389 e. The molecule has 26 heavy (non-hydrogen) atoms. The van der Waals surface area contributed by atoms with Crippen LogP contribution >= 0.6 is 0 Å². The van der Waals surface area contributed by atoms with Gasteiger partial charge in [-0.3, -0.25) is 4.79 Å². The van der Waals surface area contributed by atoms with Gasteiger partial charge in [0.05, 0.1) is 12.1 Å². The predicted molar refractivity (Wildman–Crippen MR) is 93.9 cm³/mol. The van der Waals surface area contributed by atoms with E-state index in [0.717, 1.165) is 37.0 Å². The zero-order chi connectivity index (χ0) is 18.8. The number of nitrogens with zero attached hydrogens (tertiary/aromatic N) is 2. The number of hydrogen-bond acceptors (Lipinski definition) is 3. The van der Waals surface area contributed by atoms with Gasteiger partial charge in [0.2, 0.25) is 5.91 Å². The van der Waals surface area contributed by atoms with Gasteiger partial charge in [0.1, 0.15) is 6.61 Å². The van der Waals surface area contributed by atoms with Gasteiger partial charge in [-0.2, -0.15) is 13.2 Å². The molecule has 1 amide bonds. The van der Waals surface area contributed by atoms with Gasteiger partial charge in [0.15, 0.2) is 0 Å². The molecule has 7 heteroatoms. The third kappa shape index (κ3) is 7.89. The first-order valence-corrected chi connectivity index (χ1v) is 9.00. The Morgan fingerprint density at radius 3 is 2.58 bits per heavy atom. The highest BCUT2D eigenvalue weighted by atomic mass is 19.4. The zero-order valence-electron chi connectivity index (χ0n) is 14.8. The van der Waals surface area contributed by atoms with Crippen molar-refractivity contribution < 1.29 is 22.8 Å². The average Bonchev–Trinajstić information content (AvgIpc) is 2.65. The lowest BCUT2D eigenvalue weighted by Gasteiger charge is -2.22. The number of oxime groups is 1. The van der Waals surface area contributed by atoms with E-state index in [9.17, 15) is 18.0 Å². The highest BCUT2D eigenvalue weighted by molar-refractivity contribution is 5.86. The fourth-order valence-electron chi connectivity index (χ4n) is 2.85. The molecule has 0 aliphatic carbocycles. The first kappa shape index (κ1) is 20.3. The molecule has 0 aromatic heterocycles. The second-order valence-electron chi connectivity index (χ2n) is 6.46. The van der Waals surface area contributed by atoms with Crippen LogP contribution in [-0.4, -0.2) is 42.4 Å². The van der Waals surface area contributed by atoms with Crippen LogP contribution < -0.4 is 0 Å². The molecule has 2 rings (SSSR count). The minimum absolute atomic E-state index is 0.349. The van der Waals surface area contributed by atoms with E-state index in [1.165, 1.54) is 4.90 Å².